The first-order valence-corrected chi connectivity index (χ1v) is 11.4. The second kappa shape index (κ2) is 9.31. The molecule has 0 saturated carbocycles. The summed E-state index contributed by atoms with van der Waals surface area (Å²) in [5.74, 6) is 0.683. The van der Waals surface area contributed by atoms with Gasteiger partial charge >= 0.3 is 0 Å². The number of carbonyl (C=O) groups excluding carboxylic acids is 1. The number of nitrogens with zero attached hydrogens (tertiary/aromatic N) is 2. The van der Waals surface area contributed by atoms with E-state index < -0.39 is 0 Å². The fourth-order valence-corrected chi connectivity index (χ4v) is 4.42. The summed E-state index contributed by atoms with van der Waals surface area (Å²) in [5, 5.41) is 0.708. The van der Waals surface area contributed by atoms with Crippen molar-refractivity contribution in [2.75, 3.05) is 4.90 Å². The molecule has 0 fully saturated rings. The van der Waals surface area contributed by atoms with Crippen molar-refractivity contribution in [2.45, 2.75) is 39.8 Å². The van der Waals surface area contributed by atoms with Crippen LogP contribution in [0.1, 0.15) is 42.3 Å². The molecule has 0 N–H and O–H groups in total. The van der Waals surface area contributed by atoms with Gasteiger partial charge in [-0.2, -0.15) is 0 Å². The Bertz CT molecular complexity index is 1170. The number of carbonyl (C=O) groups is 1. The van der Waals surface area contributed by atoms with Gasteiger partial charge in [-0.25, -0.2) is 4.98 Å². The number of aryl methyl sites for hydroxylation is 1. The van der Waals surface area contributed by atoms with E-state index in [9.17, 15) is 4.79 Å². The lowest BCUT2D eigenvalue weighted by molar-refractivity contribution is 0.0985. The van der Waals surface area contributed by atoms with E-state index >= 15 is 0 Å². The summed E-state index contributed by atoms with van der Waals surface area (Å²) in [4.78, 5) is 20.1. The number of hydrogen-bond acceptors (Lipinski definition) is 4. The fourth-order valence-electron chi connectivity index (χ4n) is 3.39. The van der Waals surface area contributed by atoms with Gasteiger partial charge in [0.05, 0.1) is 22.9 Å². The molecular formula is C26H26N2O2S. The van der Waals surface area contributed by atoms with Crippen molar-refractivity contribution in [3.8, 4) is 5.75 Å². The predicted octanol–water partition coefficient (Wildman–Crippen LogP) is 6.49. The number of thiazole rings is 1. The van der Waals surface area contributed by atoms with Crippen molar-refractivity contribution >= 4 is 32.6 Å². The number of fused-ring (bicyclic) bond motifs is 1. The third-order valence-corrected chi connectivity index (χ3v) is 6.02. The van der Waals surface area contributed by atoms with Crippen molar-refractivity contribution in [1.82, 2.24) is 4.98 Å². The minimum atomic E-state index is -0.0743. The Balaban J connectivity index is 1.69. The molecule has 0 aliphatic carbocycles. The third kappa shape index (κ3) is 4.94. The average Bonchev–Trinajstić information content (AvgIpc) is 3.20. The quantitative estimate of drug-likeness (QED) is 0.336. The molecule has 4 rings (SSSR count). The standard InChI is InChI=1S/C26H26N2O2S/c1-4-19-10-15-23-24(16-19)31-26(27-23)28(17-20-8-6-5-7-9-20)25(29)21-11-13-22(14-12-21)30-18(2)3/h5-16,18H,4,17H2,1-3H3. The average molecular weight is 431 g/mol. The molecule has 1 amide bonds. The molecular weight excluding hydrogens is 404 g/mol. The molecule has 31 heavy (non-hydrogen) atoms. The number of amides is 1. The Hall–Kier alpha value is -3.18. The maximum atomic E-state index is 13.5. The summed E-state index contributed by atoms with van der Waals surface area (Å²) in [6, 6.07) is 23.7. The van der Waals surface area contributed by atoms with Gasteiger partial charge in [0.25, 0.3) is 5.91 Å². The number of ether oxygens (including phenoxy) is 1. The second-order valence-corrected chi connectivity index (χ2v) is 8.73. The predicted molar refractivity (Wildman–Crippen MR) is 128 cm³/mol. The third-order valence-electron chi connectivity index (χ3n) is 4.98. The number of benzene rings is 3. The molecule has 1 aromatic heterocycles. The number of rotatable bonds is 7. The molecule has 0 radical (unpaired) electrons. The van der Waals surface area contributed by atoms with Crippen LogP contribution in [0.5, 0.6) is 5.75 Å². The molecule has 0 saturated heterocycles. The Morgan fingerprint density at radius 3 is 2.42 bits per heavy atom. The van der Waals surface area contributed by atoms with Crippen molar-refractivity contribution in [1.29, 1.82) is 0 Å². The maximum Gasteiger partial charge on any atom is 0.260 e. The molecule has 0 bridgehead atoms. The largest absolute Gasteiger partial charge is 0.491 e. The van der Waals surface area contributed by atoms with Crippen LogP contribution in [0.3, 0.4) is 0 Å². The normalized spacial score (nSPS) is 11.1. The summed E-state index contributed by atoms with van der Waals surface area (Å²) < 4.78 is 6.81. The number of hydrogen-bond donors (Lipinski definition) is 0. The molecule has 3 aromatic carbocycles. The van der Waals surface area contributed by atoms with Crippen LogP contribution in [0.15, 0.2) is 72.8 Å². The highest BCUT2D eigenvalue weighted by molar-refractivity contribution is 7.22. The first-order chi connectivity index (χ1) is 15.0. The smallest absolute Gasteiger partial charge is 0.260 e. The Morgan fingerprint density at radius 1 is 1.00 bits per heavy atom. The monoisotopic (exact) mass is 430 g/mol. The SMILES string of the molecule is CCc1ccc2nc(N(Cc3ccccc3)C(=O)c3ccc(OC(C)C)cc3)sc2c1. The van der Waals surface area contributed by atoms with Crippen LogP contribution >= 0.6 is 11.3 Å². The minimum Gasteiger partial charge on any atom is -0.491 e. The lowest BCUT2D eigenvalue weighted by Gasteiger charge is -2.20. The van der Waals surface area contributed by atoms with Crippen molar-refractivity contribution in [3.05, 3.63) is 89.5 Å². The minimum absolute atomic E-state index is 0.0743. The highest BCUT2D eigenvalue weighted by atomic mass is 32.1. The van der Waals surface area contributed by atoms with Gasteiger partial charge in [-0.1, -0.05) is 54.7 Å². The first kappa shape index (κ1) is 21.1. The molecule has 0 atom stereocenters. The zero-order chi connectivity index (χ0) is 21.8. The second-order valence-electron chi connectivity index (χ2n) is 7.72. The van der Waals surface area contributed by atoms with E-state index in [4.69, 9.17) is 9.72 Å². The van der Waals surface area contributed by atoms with E-state index in [0.717, 1.165) is 28.0 Å². The zero-order valence-electron chi connectivity index (χ0n) is 18.0. The molecule has 158 valence electrons. The molecule has 0 spiro atoms. The molecule has 0 aliphatic heterocycles. The summed E-state index contributed by atoms with van der Waals surface area (Å²) in [5.41, 5.74) is 3.86. The van der Waals surface area contributed by atoms with E-state index in [-0.39, 0.29) is 12.0 Å². The van der Waals surface area contributed by atoms with Gasteiger partial charge in [-0.15, -0.1) is 0 Å². The highest BCUT2D eigenvalue weighted by Crippen LogP contribution is 2.32. The highest BCUT2D eigenvalue weighted by Gasteiger charge is 2.22. The van der Waals surface area contributed by atoms with Gasteiger partial charge in [0.2, 0.25) is 0 Å². The lowest BCUT2D eigenvalue weighted by Crippen LogP contribution is -2.30. The van der Waals surface area contributed by atoms with Gasteiger partial charge in [-0.3, -0.25) is 9.69 Å². The molecule has 4 aromatic rings. The number of aromatic nitrogens is 1. The van der Waals surface area contributed by atoms with Gasteiger partial charge in [0.15, 0.2) is 5.13 Å². The zero-order valence-corrected chi connectivity index (χ0v) is 18.9. The van der Waals surface area contributed by atoms with Crippen LogP contribution in [0.25, 0.3) is 10.2 Å². The molecule has 4 nitrogen and oxygen atoms in total. The van der Waals surface area contributed by atoms with Gasteiger partial charge < -0.3 is 4.74 Å². The van der Waals surface area contributed by atoms with E-state index in [1.807, 2.05) is 74.5 Å². The number of anilines is 1. The van der Waals surface area contributed by atoms with Crippen LogP contribution < -0.4 is 9.64 Å². The van der Waals surface area contributed by atoms with Crippen molar-refractivity contribution in [2.24, 2.45) is 0 Å². The fraction of sp³-hybridized carbons (Fsp3) is 0.231. The first-order valence-electron chi connectivity index (χ1n) is 10.6. The van der Waals surface area contributed by atoms with E-state index in [0.29, 0.717) is 17.2 Å². The summed E-state index contributed by atoms with van der Waals surface area (Å²) in [6.07, 6.45) is 1.06. The summed E-state index contributed by atoms with van der Waals surface area (Å²) >= 11 is 1.56. The van der Waals surface area contributed by atoms with Crippen LogP contribution in [0.2, 0.25) is 0 Å². The lowest BCUT2D eigenvalue weighted by atomic mass is 10.1. The van der Waals surface area contributed by atoms with Crippen molar-refractivity contribution < 1.29 is 9.53 Å². The molecule has 1 heterocycles. The van der Waals surface area contributed by atoms with Gasteiger partial charge in [-0.05, 0) is 67.8 Å². The van der Waals surface area contributed by atoms with Crippen LogP contribution in [0.4, 0.5) is 5.13 Å². The van der Waals surface area contributed by atoms with Crippen molar-refractivity contribution in [3.63, 3.8) is 0 Å². The van der Waals surface area contributed by atoms with E-state index in [2.05, 4.69) is 19.1 Å². The van der Waals surface area contributed by atoms with Crippen LogP contribution in [-0.4, -0.2) is 17.0 Å². The summed E-state index contributed by atoms with van der Waals surface area (Å²) in [6.45, 7) is 6.57. The maximum absolute atomic E-state index is 13.5. The Labute approximate surface area is 187 Å². The van der Waals surface area contributed by atoms with Gasteiger partial charge in [0, 0.05) is 5.56 Å². The Morgan fingerprint density at radius 2 is 1.74 bits per heavy atom. The van der Waals surface area contributed by atoms with Crippen LogP contribution in [0, 0.1) is 0 Å². The summed E-state index contributed by atoms with van der Waals surface area (Å²) in [7, 11) is 0. The van der Waals surface area contributed by atoms with E-state index in [1.165, 1.54) is 5.56 Å². The van der Waals surface area contributed by atoms with E-state index in [1.54, 1.807) is 16.2 Å². The molecule has 0 aliphatic rings. The van der Waals surface area contributed by atoms with Gasteiger partial charge in [0.1, 0.15) is 5.75 Å². The molecule has 5 heteroatoms. The topological polar surface area (TPSA) is 42.4 Å². The molecule has 0 unspecified atom stereocenters. The Kier molecular flexibility index (Phi) is 6.33. The van der Waals surface area contributed by atoms with Crippen LogP contribution in [-0.2, 0) is 13.0 Å².